The summed E-state index contributed by atoms with van der Waals surface area (Å²) in [5.74, 6) is -1.46. The number of anilines is 1. The molecule has 0 atom stereocenters. The van der Waals surface area contributed by atoms with Crippen LogP contribution in [0.5, 0.6) is 0 Å². The van der Waals surface area contributed by atoms with E-state index in [1.165, 1.54) is 23.5 Å². The van der Waals surface area contributed by atoms with Crippen LogP contribution < -0.4 is 5.32 Å². The molecule has 0 aliphatic heterocycles. The highest BCUT2D eigenvalue weighted by Gasteiger charge is 2.16. The Bertz CT molecular complexity index is 689. The first-order chi connectivity index (χ1) is 9.92. The molecule has 1 heterocycles. The van der Waals surface area contributed by atoms with Gasteiger partial charge in [0.15, 0.2) is 0 Å². The molecule has 0 aliphatic carbocycles. The molecule has 0 aliphatic rings. The van der Waals surface area contributed by atoms with E-state index in [1.807, 2.05) is 13.0 Å². The van der Waals surface area contributed by atoms with Crippen LogP contribution in [0.1, 0.15) is 31.8 Å². The molecule has 110 valence electrons. The first-order valence-corrected chi connectivity index (χ1v) is 7.62. The number of aryl methyl sites for hydroxylation is 1. The van der Waals surface area contributed by atoms with Gasteiger partial charge in [0.1, 0.15) is 0 Å². The lowest BCUT2D eigenvalue weighted by Gasteiger charge is -2.09. The molecule has 0 unspecified atom stereocenters. The summed E-state index contributed by atoms with van der Waals surface area (Å²) in [6, 6.07) is 6.11. The minimum absolute atomic E-state index is 0.0348. The summed E-state index contributed by atoms with van der Waals surface area (Å²) < 4.78 is 0. The first kappa shape index (κ1) is 15.8. The Hall–Kier alpha value is -1.56. The highest BCUT2D eigenvalue weighted by atomic mass is 35.5. The summed E-state index contributed by atoms with van der Waals surface area (Å²) >= 11 is 13.4. The van der Waals surface area contributed by atoms with Gasteiger partial charge in [-0.05, 0) is 30.7 Å². The number of rotatable bonds is 4. The minimum atomic E-state index is -1.14. The molecule has 4 nitrogen and oxygen atoms in total. The number of aromatic carboxylic acids is 1. The number of carboxylic acid groups (broad SMARTS) is 1. The van der Waals surface area contributed by atoms with E-state index in [4.69, 9.17) is 28.3 Å². The average molecular weight is 344 g/mol. The number of benzene rings is 1. The Kier molecular flexibility index (Phi) is 4.88. The summed E-state index contributed by atoms with van der Waals surface area (Å²) in [7, 11) is 0. The van der Waals surface area contributed by atoms with Gasteiger partial charge in [-0.3, -0.25) is 4.79 Å². The SMILES string of the molecule is CCc1ccc(C(=O)Nc2c(Cl)cc(C(=O)O)cc2Cl)s1. The van der Waals surface area contributed by atoms with Crippen molar-refractivity contribution in [2.75, 3.05) is 5.32 Å². The summed E-state index contributed by atoms with van der Waals surface area (Å²) in [5, 5.41) is 11.7. The number of hydrogen-bond acceptors (Lipinski definition) is 3. The number of nitrogens with one attached hydrogen (secondary N) is 1. The van der Waals surface area contributed by atoms with Crippen molar-refractivity contribution in [2.45, 2.75) is 13.3 Å². The van der Waals surface area contributed by atoms with Gasteiger partial charge < -0.3 is 10.4 Å². The largest absolute Gasteiger partial charge is 0.478 e. The van der Waals surface area contributed by atoms with Crippen LogP contribution >= 0.6 is 34.5 Å². The van der Waals surface area contributed by atoms with Crippen LogP contribution in [0.2, 0.25) is 10.0 Å². The molecule has 0 bridgehead atoms. The molecule has 0 fully saturated rings. The third-order valence-corrected chi connectivity index (χ3v) is 4.59. The second kappa shape index (κ2) is 6.47. The van der Waals surface area contributed by atoms with Gasteiger partial charge in [0, 0.05) is 4.88 Å². The third-order valence-electron chi connectivity index (χ3n) is 2.76. The molecule has 2 N–H and O–H groups in total. The molecular weight excluding hydrogens is 333 g/mol. The fourth-order valence-electron chi connectivity index (χ4n) is 1.68. The molecule has 0 spiro atoms. The van der Waals surface area contributed by atoms with Crippen molar-refractivity contribution in [1.29, 1.82) is 0 Å². The molecule has 0 saturated heterocycles. The van der Waals surface area contributed by atoms with E-state index in [2.05, 4.69) is 5.32 Å². The predicted octanol–water partition coefficient (Wildman–Crippen LogP) is 4.57. The average Bonchev–Trinajstić information content (AvgIpc) is 2.91. The molecule has 21 heavy (non-hydrogen) atoms. The lowest BCUT2D eigenvalue weighted by Crippen LogP contribution is -2.11. The zero-order valence-electron chi connectivity index (χ0n) is 10.9. The highest BCUT2D eigenvalue weighted by Crippen LogP contribution is 2.32. The smallest absolute Gasteiger partial charge is 0.335 e. The predicted molar refractivity (Wildman–Crippen MR) is 85.1 cm³/mol. The highest BCUT2D eigenvalue weighted by molar-refractivity contribution is 7.14. The maximum absolute atomic E-state index is 12.1. The normalized spacial score (nSPS) is 10.4. The second-order valence-corrected chi connectivity index (χ2v) is 6.18. The number of carbonyl (C=O) groups excluding carboxylic acids is 1. The first-order valence-electron chi connectivity index (χ1n) is 6.04. The van der Waals surface area contributed by atoms with Crippen molar-refractivity contribution < 1.29 is 14.7 Å². The number of halogens is 2. The van der Waals surface area contributed by atoms with E-state index in [0.717, 1.165) is 11.3 Å². The molecule has 1 amide bonds. The van der Waals surface area contributed by atoms with Gasteiger partial charge in [0.2, 0.25) is 0 Å². The van der Waals surface area contributed by atoms with E-state index in [9.17, 15) is 9.59 Å². The summed E-state index contributed by atoms with van der Waals surface area (Å²) in [6.07, 6.45) is 0.854. The molecule has 2 rings (SSSR count). The second-order valence-electron chi connectivity index (χ2n) is 4.19. The van der Waals surface area contributed by atoms with Gasteiger partial charge in [-0.25, -0.2) is 4.79 Å². The van der Waals surface area contributed by atoms with E-state index < -0.39 is 5.97 Å². The van der Waals surface area contributed by atoms with Gasteiger partial charge in [-0.1, -0.05) is 30.1 Å². The van der Waals surface area contributed by atoms with Gasteiger partial charge >= 0.3 is 5.97 Å². The summed E-state index contributed by atoms with van der Waals surface area (Å²) in [5.41, 5.74) is 0.173. The van der Waals surface area contributed by atoms with E-state index in [0.29, 0.717) is 4.88 Å². The Morgan fingerprint density at radius 3 is 2.33 bits per heavy atom. The van der Waals surface area contributed by atoms with Crippen molar-refractivity contribution in [3.05, 3.63) is 49.6 Å². The standard InChI is InChI=1S/C14H11Cl2NO3S/c1-2-8-3-4-11(21-8)13(18)17-12-9(15)5-7(14(19)20)6-10(12)16/h3-6H,2H2,1H3,(H,17,18)(H,19,20). The molecule has 1 aromatic carbocycles. The quantitative estimate of drug-likeness (QED) is 0.854. The van der Waals surface area contributed by atoms with Gasteiger partial charge in [0.25, 0.3) is 5.91 Å². The topological polar surface area (TPSA) is 66.4 Å². The number of amides is 1. The lowest BCUT2D eigenvalue weighted by atomic mass is 10.2. The van der Waals surface area contributed by atoms with Gasteiger partial charge in [-0.15, -0.1) is 11.3 Å². The molecule has 0 radical (unpaired) electrons. The Morgan fingerprint density at radius 1 is 1.24 bits per heavy atom. The van der Waals surface area contributed by atoms with Crippen LogP contribution in [-0.4, -0.2) is 17.0 Å². The van der Waals surface area contributed by atoms with E-state index in [1.54, 1.807) is 6.07 Å². The van der Waals surface area contributed by atoms with E-state index >= 15 is 0 Å². The maximum atomic E-state index is 12.1. The zero-order chi connectivity index (χ0) is 15.6. The monoisotopic (exact) mass is 343 g/mol. The maximum Gasteiger partial charge on any atom is 0.335 e. The van der Waals surface area contributed by atoms with Gasteiger partial charge in [0.05, 0.1) is 26.2 Å². The fraction of sp³-hybridized carbons (Fsp3) is 0.143. The van der Waals surface area contributed by atoms with Crippen molar-refractivity contribution in [1.82, 2.24) is 0 Å². The van der Waals surface area contributed by atoms with Crippen LogP contribution in [0, 0.1) is 0 Å². The van der Waals surface area contributed by atoms with Crippen molar-refractivity contribution in [3.8, 4) is 0 Å². The number of carboxylic acids is 1. The number of thiophene rings is 1. The van der Waals surface area contributed by atoms with Crippen molar-refractivity contribution in [3.63, 3.8) is 0 Å². The summed E-state index contributed by atoms with van der Waals surface area (Å²) in [6.45, 7) is 2.01. The van der Waals surface area contributed by atoms with Crippen LogP contribution in [0.4, 0.5) is 5.69 Å². The Morgan fingerprint density at radius 2 is 1.86 bits per heavy atom. The van der Waals surface area contributed by atoms with Crippen molar-refractivity contribution in [2.24, 2.45) is 0 Å². The van der Waals surface area contributed by atoms with Crippen LogP contribution in [-0.2, 0) is 6.42 Å². The molecule has 0 saturated carbocycles. The van der Waals surface area contributed by atoms with Crippen LogP contribution in [0.3, 0.4) is 0 Å². The lowest BCUT2D eigenvalue weighted by molar-refractivity contribution is 0.0696. The fourth-order valence-corrected chi connectivity index (χ4v) is 3.11. The van der Waals surface area contributed by atoms with Crippen LogP contribution in [0.25, 0.3) is 0 Å². The zero-order valence-corrected chi connectivity index (χ0v) is 13.3. The summed E-state index contributed by atoms with van der Waals surface area (Å²) in [4.78, 5) is 24.7. The Balaban J connectivity index is 2.27. The third kappa shape index (κ3) is 3.56. The van der Waals surface area contributed by atoms with Crippen LogP contribution in [0.15, 0.2) is 24.3 Å². The molecule has 2 aromatic rings. The minimum Gasteiger partial charge on any atom is -0.478 e. The Labute approximate surface area is 135 Å². The van der Waals surface area contributed by atoms with Crippen molar-refractivity contribution >= 4 is 52.1 Å². The molecule has 1 aromatic heterocycles. The number of hydrogen-bond donors (Lipinski definition) is 2. The van der Waals surface area contributed by atoms with Gasteiger partial charge in [-0.2, -0.15) is 0 Å². The number of carbonyl (C=O) groups is 2. The van der Waals surface area contributed by atoms with E-state index in [-0.39, 0.29) is 27.2 Å². The molecule has 7 heteroatoms. The molecular formula is C14H11Cl2NO3S.